The van der Waals surface area contributed by atoms with Gasteiger partial charge in [-0.05, 0) is 30.4 Å². The van der Waals surface area contributed by atoms with Crippen molar-refractivity contribution in [3.8, 4) is 0 Å². The molecule has 0 unspecified atom stereocenters. The highest BCUT2D eigenvalue weighted by Crippen LogP contribution is 2.31. The van der Waals surface area contributed by atoms with Crippen LogP contribution in [0.5, 0.6) is 0 Å². The van der Waals surface area contributed by atoms with Crippen LogP contribution in [0.2, 0.25) is 0 Å². The van der Waals surface area contributed by atoms with Crippen molar-refractivity contribution in [2.75, 3.05) is 13.1 Å². The summed E-state index contributed by atoms with van der Waals surface area (Å²) in [6, 6.07) is 7.70. The van der Waals surface area contributed by atoms with Gasteiger partial charge in [-0.25, -0.2) is 8.78 Å². The van der Waals surface area contributed by atoms with Crippen molar-refractivity contribution < 1.29 is 13.6 Å². The summed E-state index contributed by atoms with van der Waals surface area (Å²) < 4.78 is 26.1. The van der Waals surface area contributed by atoms with Crippen LogP contribution in [0.15, 0.2) is 24.3 Å². The molecule has 104 valence electrons. The summed E-state index contributed by atoms with van der Waals surface area (Å²) in [5.41, 5.74) is 7.05. The van der Waals surface area contributed by atoms with Gasteiger partial charge in [-0.2, -0.15) is 0 Å². The van der Waals surface area contributed by atoms with Crippen LogP contribution in [0.1, 0.15) is 29.9 Å². The maximum absolute atomic E-state index is 13.0. The van der Waals surface area contributed by atoms with Gasteiger partial charge in [0.25, 0.3) is 5.92 Å². The molecule has 3 N–H and O–H groups in total. The van der Waals surface area contributed by atoms with E-state index >= 15 is 0 Å². The molecular formula is C14H18F2N2O. The second-order valence-electron chi connectivity index (χ2n) is 4.92. The third-order valence-electron chi connectivity index (χ3n) is 3.51. The van der Waals surface area contributed by atoms with Gasteiger partial charge < -0.3 is 11.1 Å². The summed E-state index contributed by atoms with van der Waals surface area (Å²) in [6.45, 7) is -1.45. The lowest BCUT2D eigenvalue weighted by molar-refractivity contribution is -0.124. The normalized spacial score (nSPS) is 18.8. The third kappa shape index (κ3) is 3.29. The Hall–Kier alpha value is -1.49. The van der Waals surface area contributed by atoms with E-state index < -0.39 is 19.0 Å². The molecule has 0 radical (unpaired) electrons. The number of alkyl halides is 2. The van der Waals surface area contributed by atoms with Crippen LogP contribution in [0.3, 0.4) is 0 Å². The molecule has 5 heteroatoms. The van der Waals surface area contributed by atoms with E-state index in [-0.39, 0.29) is 11.8 Å². The maximum Gasteiger partial charge on any atom is 0.277 e. The highest BCUT2D eigenvalue weighted by Gasteiger charge is 2.31. The maximum atomic E-state index is 13.0. The molecule has 0 saturated carbocycles. The number of nitrogens with two attached hydrogens (primary N) is 1. The van der Waals surface area contributed by atoms with Crippen LogP contribution in [-0.4, -0.2) is 24.9 Å². The lowest BCUT2D eigenvalue weighted by Crippen LogP contribution is -2.43. The first-order valence-electron chi connectivity index (χ1n) is 6.47. The highest BCUT2D eigenvalue weighted by molar-refractivity contribution is 5.84. The first-order chi connectivity index (χ1) is 9.03. The monoisotopic (exact) mass is 268 g/mol. The molecule has 2 rings (SSSR count). The number of hydrogen-bond acceptors (Lipinski definition) is 2. The summed E-state index contributed by atoms with van der Waals surface area (Å²) in [4.78, 5) is 12.0. The molecule has 0 fully saturated rings. The molecule has 1 aromatic rings. The van der Waals surface area contributed by atoms with Crippen molar-refractivity contribution in [3.63, 3.8) is 0 Å². The van der Waals surface area contributed by atoms with Crippen LogP contribution in [-0.2, 0) is 11.2 Å². The van der Waals surface area contributed by atoms with Crippen molar-refractivity contribution in [2.24, 2.45) is 5.73 Å². The average Bonchev–Trinajstić information content (AvgIpc) is 2.44. The quantitative estimate of drug-likeness (QED) is 0.875. The van der Waals surface area contributed by atoms with Gasteiger partial charge in [-0.3, -0.25) is 4.79 Å². The van der Waals surface area contributed by atoms with Crippen LogP contribution >= 0.6 is 0 Å². The highest BCUT2D eigenvalue weighted by atomic mass is 19.3. The zero-order valence-electron chi connectivity index (χ0n) is 10.7. The number of benzene rings is 1. The minimum Gasteiger partial charge on any atom is -0.349 e. The van der Waals surface area contributed by atoms with Crippen molar-refractivity contribution in [1.82, 2.24) is 5.32 Å². The zero-order valence-corrected chi connectivity index (χ0v) is 10.7. The number of nitrogens with one attached hydrogen (secondary N) is 1. The first-order valence-corrected chi connectivity index (χ1v) is 6.47. The number of halogens is 2. The van der Waals surface area contributed by atoms with E-state index in [0.717, 1.165) is 24.0 Å². The van der Waals surface area contributed by atoms with Crippen molar-refractivity contribution >= 4 is 5.91 Å². The average molecular weight is 268 g/mol. The number of amides is 1. The summed E-state index contributed by atoms with van der Waals surface area (Å²) >= 11 is 0. The first kappa shape index (κ1) is 13.9. The molecule has 0 heterocycles. The van der Waals surface area contributed by atoms with Gasteiger partial charge in [0.2, 0.25) is 5.91 Å². The van der Waals surface area contributed by atoms with Gasteiger partial charge in [-0.1, -0.05) is 24.3 Å². The summed E-state index contributed by atoms with van der Waals surface area (Å²) in [5, 5.41) is 2.32. The summed E-state index contributed by atoms with van der Waals surface area (Å²) in [5.74, 6) is -3.69. The fourth-order valence-corrected chi connectivity index (χ4v) is 2.44. The topological polar surface area (TPSA) is 55.1 Å². The van der Waals surface area contributed by atoms with Gasteiger partial charge in [0.15, 0.2) is 0 Å². The Morgan fingerprint density at radius 1 is 1.42 bits per heavy atom. The van der Waals surface area contributed by atoms with E-state index in [4.69, 9.17) is 5.73 Å². The minimum atomic E-state index is -3.04. The molecule has 0 bridgehead atoms. The number of carbonyl (C=O) groups excluding carboxylic acids is 1. The predicted molar refractivity (Wildman–Crippen MR) is 69.1 cm³/mol. The third-order valence-corrected chi connectivity index (χ3v) is 3.51. The molecule has 1 aromatic carbocycles. The van der Waals surface area contributed by atoms with E-state index in [0.29, 0.717) is 6.42 Å². The Kier molecular flexibility index (Phi) is 4.14. The van der Waals surface area contributed by atoms with Gasteiger partial charge in [0.1, 0.15) is 0 Å². The van der Waals surface area contributed by atoms with Crippen molar-refractivity contribution in [3.05, 3.63) is 35.4 Å². The van der Waals surface area contributed by atoms with E-state index in [1.165, 1.54) is 0 Å². The summed E-state index contributed by atoms with van der Waals surface area (Å²) in [6.07, 6.45) is 2.55. The van der Waals surface area contributed by atoms with E-state index in [9.17, 15) is 13.6 Å². The molecule has 0 spiro atoms. The molecule has 0 saturated heterocycles. The zero-order chi connectivity index (χ0) is 13.9. The van der Waals surface area contributed by atoms with Crippen LogP contribution in [0.4, 0.5) is 8.78 Å². The second-order valence-corrected chi connectivity index (χ2v) is 4.92. The molecule has 1 atom stereocenters. The molecule has 0 aliphatic heterocycles. The number of fused-ring (bicyclic) bond motifs is 1. The van der Waals surface area contributed by atoms with Crippen molar-refractivity contribution in [1.29, 1.82) is 0 Å². The Labute approximate surface area is 111 Å². The fourth-order valence-electron chi connectivity index (χ4n) is 2.44. The van der Waals surface area contributed by atoms with Crippen LogP contribution in [0, 0.1) is 0 Å². The van der Waals surface area contributed by atoms with E-state index in [1.54, 1.807) is 0 Å². The van der Waals surface area contributed by atoms with Gasteiger partial charge in [0, 0.05) is 0 Å². The molecule has 1 aliphatic rings. The molecule has 0 aromatic heterocycles. The van der Waals surface area contributed by atoms with Gasteiger partial charge in [0.05, 0.1) is 19.0 Å². The number of carbonyl (C=O) groups is 1. The molecule has 3 nitrogen and oxygen atoms in total. The van der Waals surface area contributed by atoms with Crippen LogP contribution < -0.4 is 11.1 Å². The largest absolute Gasteiger partial charge is 0.349 e. The Bertz CT molecular complexity index is 463. The SMILES string of the molecule is NCC(F)(F)CNC(=O)[C@@H]1CCCc2ccccc21. The van der Waals surface area contributed by atoms with E-state index in [2.05, 4.69) is 5.32 Å². The minimum absolute atomic E-state index is 0.321. The second kappa shape index (κ2) is 5.65. The summed E-state index contributed by atoms with van der Waals surface area (Å²) in [7, 11) is 0. The lowest BCUT2D eigenvalue weighted by Gasteiger charge is -2.25. The van der Waals surface area contributed by atoms with E-state index in [1.807, 2.05) is 24.3 Å². The molecule has 1 amide bonds. The Morgan fingerprint density at radius 2 is 2.16 bits per heavy atom. The Balaban J connectivity index is 2.05. The van der Waals surface area contributed by atoms with Crippen molar-refractivity contribution in [2.45, 2.75) is 31.1 Å². The fraction of sp³-hybridized carbons (Fsp3) is 0.500. The Morgan fingerprint density at radius 3 is 2.89 bits per heavy atom. The van der Waals surface area contributed by atoms with Gasteiger partial charge >= 0.3 is 0 Å². The van der Waals surface area contributed by atoms with Gasteiger partial charge in [-0.15, -0.1) is 0 Å². The number of aryl methyl sites for hydroxylation is 1. The predicted octanol–water partition coefficient (Wildman–Crippen LogP) is 1.82. The van der Waals surface area contributed by atoms with Crippen LogP contribution in [0.25, 0.3) is 0 Å². The molecular weight excluding hydrogens is 250 g/mol. The molecule has 19 heavy (non-hydrogen) atoms. The standard InChI is InChI=1S/C14H18F2N2O/c15-14(16,8-17)9-18-13(19)12-7-3-5-10-4-1-2-6-11(10)12/h1-2,4,6,12H,3,5,7-9,17H2,(H,18,19)/t12-/m1/s1. The lowest BCUT2D eigenvalue weighted by atomic mass is 9.82. The number of hydrogen-bond donors (Lipinski definition) is 2. The smallest absolute Gasteiger partial charge is 0.277 e. The molecule has 1 aliphatic carbocycles. The number of rotatable bonds is 4.